The van der Waals surface area contributed by atoms with Gasteiger partial charge >= 0.3 is 11.9 Å². The molecule has 0 bridgehead atoms. The zero-order valence-corrected chi connectivity index (χ0v) is 11.4. The Labute approximate surface area is 118 Å². The van der Waals surface area contributed by atoms with Gasteiger partial charge in [-0.05, 0) is 37.3 Å². The Morgan fingerprint density at radius 2 is 2.10 bits per heavy atom. The Bertz CT molecular complexity index is 473. The highest BCUT2D eigenvalue weighted by atomic mass is 19.3. The monoisotopic (exact) mass is 280 g/mol. The van der Waals surface area contributed by atoms with Gasteiger partial charge in [-0.15, -0.1) is 0 Å². The van der Waals surface area contributed by atoms with Gasteiger partial charge in [-0.2, -0.15) is 8.78 Å². The zero-order chi connectivity index (χ0) is 14.8. The quantitative estimate of drug-likeness (QED) is 0.614. The summed E-state index contributed by atoms with van der Waals surface area (Å²) in [5, 5.41) is 0. The molecule has 0 heterocycles. The number of carbonyl (C=O) groups excluding carboxylic acids is 1. The van der Waals surface area contributed by atoms with Crippen LogP contribution >= 0.6 is 0 Å². The van der Waals surface area contributed by atoms with E-state index in [2.05, 4.69) is 6.92 Å². The highest BCUT2D eigenvalue weighted by molar-refractivity contribution is 5.81. The van der Waals surface area contributed by atoms with Gasteiger partial charge in [0, 0.05) is 5.41 Å². The van der Waals surface area contributed by atoms with E-state index in [-0.39, 0.29) is 18.1 Å². The second-order valence-electron chi connectivity index (χ2n) is 5.49. The number of carbonyl (C=O) groups is 1. The van der Waals surface area contributed by atoms with Crippen molar-refractivity contribution in [3.63, 3.8) is 0 Å². The second kappa shape index (κ2) is 5.51. The van der Waals surface area contributed by atoms with E-state index in [0.29, 0.717) is 12.8 Å². The van der Waals surface area contributed by atoms with Crippen molar-refractivity contribution in [2.75, 3.05) is 0 Å². The van der Waals surface area contributed by atoms with E-state index >= 15 is 0 Å². The highest BCUT2D eigenvalue weighted by Gasteiger charge is 2.59. The molecule has 0 aromatic heterocycles. The lowest BCUT2D eigenvalue weighted by atomic mass is 9.80. The van der Waals surface area contributed by atoms with Crippen molar-refractivity contribution in [2.24, 2.45) is 11.3 Å². The van der Waals surface area contributed by atoms with Crippen molar-refractivity contribution in [1.82, 2.24) is 0 Å². The van der Waals surface area contributed by atoms with Gasteiger partial charge in [0.25, 0.3) is 0 Å². The molecule has 1 aromatic rings. The van der Waals surface area contributed by atoms with E-state index in [1.165, 1.54) is 25.5 Å². The van der Waals surface area contributed by atoms with Crippen LogP contribution in [0, 0.1) is 24.7 Å². The number of benzene rings is 1. The van der Waals surface area contributed by atoms with Gasteiger partial charge in [0.05, 0.1) is 0 Å². The summed E-state index contributed by atoms with van der Waals surface area (Å²) < 4.78 is 33.6. The molecule has 0 amide bonds. The summed E-state index contributed by atoms with van der Waals surface area (Å²) in [6, 6.07) is 7.94. The van der Waals surface area contributed by atoms with Crippen LogP contribution in [0.5, 0.6) is 5.75 Å². The van der Waals surface area contributed by atoms with Crippen molar-refractivity contribution < 1.29 is 18.3 Å². The topological polar surface area (TPSA) is 26.3 Å². The molecule has 20 heavy (non-hydrogen) atoms. The number of para-hydroxylation sites is 1. The van der Waals surface area contributed by atoms with Crippen LogP contribution in [-0.4, -0.2) is 11.9 Å². The van der Waals surface area contributed by atoms with E-state index in [9.17, 15) is 13.6 Å². The van der Waals surface area contributed by atoms with Gasteiger partial charge in [-0.3, -0.25) is 0 Å². The van der Waals surface area contributed by atoms with Crippen molar-refractivity contribution in [3.8, 4) is 5.75 Å². The normalized spacial score (nSPS) is 26.5. The standard InChI is InChI=1S/C16H18F2O2/c1-3-12-9-10-15(2,11-12)16(17,18)14(19)20-13-7-5-4-6-8-13/h4-8,10,12H,1,3,9,11H2,2H3. The van der Waals surface area contributed by atoms with Crippen LogP contribution in [0.25, 0.3) is 0 Å². The third-order valence-electron chi connectivity index (χ3n) is 3.95. The molecule has 1 aromatic carbocycles. The van der Waals surface area contributed by atoms with Crippen molar-refractivity contribution >= 4 is 5.97 Å². The summed E-state index contributed by atoms with van der Waals surface area (Å²) in [4.78, 5) is 11.8. The smallest absolute Gasteiger partial charge is 0.382 e. The van der Waals surface area contributed by atoms with Gasteiger partial charge in [-0.25, -0.2) is 4.79 Å². The Hall–Kier alpha value is -1.45. The van der Waals surface area contributed by atoms with E-state index in [1.54, 1.807) is 18.2 Å². The van der Waals surface area contributed by atoms with Gasteiger partial charge < -0.3 is 4.74 Å². The van der Waals surface area contributed by atoms with Gasteiger partial charge in [-0.1, -0.05) is 38.5 Å². The Balaban J connectivity index is 2.11. The summed E-state index contributed by atoms with van der Waals surface area (Å²) in [5.74, 6) is -4.79. The minimum Gasteiger partial charge on any atom is -0.422 e. The first-order chi connectivity index (χ1) is 9.39. The fourth-order valence-electron chi connectivity index (χ4n) is 2.56. The fraction of sp³-hybridized carbons (Fsp3) is 0.438. The second-order valence-corrected chi connectivity index (χ2v) is 5.49. The molecule has 2 radical (unpaired) electrons. The summed E-state index contributed by atoms with van der Waals surface area (Å²) in [6.07, 6.45) is 2.95. The minimum atomic E-state index is -3.53. The average molecular weight is 280 g/mol. The maximum Gasteiger partial charge on any atom is 0.382 e. The van der Waals surface area contributed by atoms with Crippen LogP contribution in [0.2, 0.25) is 0 Å². The molecule has 0 aliphatic heterocycles. The molecular formula is C16H18F2O2. The van der Waals surface area contributed by atoms with Crippen LogP contribution in [0.15, 0.2) is 30.3 Å². The van der Waals surface area contributed by atoms with Crippen molar-refractivity contribution in [1.29, 1.82) is 0 Å². The predicted octanol–water partition coefficient (Wildman–Crippen LogP) is 4.07. The summed E-state index contributed by atoms with van der Waals surface area (Å²) in [5.41, 5.74) is -1.46. The number of esters is 1. The molecule has 108 valence electrons. The molecule has 1 fully saturated rings. The highest BCUT2D eigenvalue weighted by Crippen LogP contribution is 2.51. The lowest BCUT2D eigenvalue weighted by molar-refractivity contribution is -0.178. The number of alkyl halides is 2. The lowest BCUT2D eigenvalue weighted by Crippen LogP contribution is -2.46. The third-order valence-corrected chi connectivity index (χ3v) is 3.95. The molecule has 2 rings (SSSR count). The van der Waals surface area contributed by atoms with Crippen LogP contribution in [-0.2, 0) is 4.79 Å². The van der Waals surface area contributed by atoms with E-state index in [4.69, 9.17) is 4.74 Å². The number of hydrogen-bond acceptors (Lipinski definition) is 2. The van der Waals surface area contributed by atoms with E-state index in [1.807, 2.05) is 0 Å². The number of halogens is 2. The largest absolute Gasteiger partial charge is 0.422 e. The molecule has 1 aliphatic rings. The Kier molecular flexibility index (Phi) is 4.11. The van der Waals surface area contributed by atoms with Gasteiger partial charge in [0.1, 0.15) is 5.75 Å². The number of hydrogen-bond donors (Lipinski definition) is 0. The third kappa shape index (κ3) is 2.69. The average Bonchev–Trinajstić information content (AvgIpc) is 2.83. The van der Waals surface area contributed by atoms with Crippen LogP contribution in [0.4, 0.5) is 8.78 Å². The van der Waals surface area contributed by atoms with Gasteiger partial charge in [0.2, 0.25) is 0 Å². The summed E-state index contributed by atoms with van der Waals surface area (Å²) >= 11 is 0. The first kappa shape index (κ1) is 14.9. The van der Waals surface area contributed by atoms with Crippen molar-refractivity contribution in [3.05, 3.63) is 43.7 Å². The molecule has 2 nitrogen and oxygen atoms in total. The molecule has 4 heteroatoms. The molecule has 2 atom stereocenters. The lowest BCUT2D eigenvalue weighted by Gasteiger charge is -2.31. The maximum atomic E-state index is 14.4. The van der Waals surface area contributed by atoms with Crippen molar-refractivity contribution in [2.45, 2.75) is 32.1 Å². The van der Waals surface area contributed by atoms with E-state index in [0.717, 1.165) is 0 Å². The van der Waals surface area contributed by atoms with Gasteiger partial charge in [0.15, 0.2) is 0 Å². The first-order valence-corrected chi connectivity index (χ1v) is 6.68. The zero-order valence-electron chi connectivity index (χ0n) is 11.4. The van der Waals surface area contributed by atoms with Crippen LogP contribution in [0.1, 0.15) is 26.2 Å². The molecule has 0 N–H and O–H groups in total. The molecule has 0 spiro atoms. The molecule has 2 unspecified atom stereocenters. The molecule has 1 aliphatic carbocycles. The fourth-order valence-corrected chi connectivity index (χ4v) is 2.56. The minimum absolute atomic E-state index is 0.107. The number of ether oxygens (including phenoxy) is 1. The summed E-state index contributed by atoms with van der Waals surface area (Å²) in [6.45, 7) is 5.16. The Morgan fingerprint density at radius 3 is 2.65 bits per heavy atom. The molecular weight excluding hydrogens is 262 g/mol. The van der Waals surface area contributed by atoms with Crippen LogP contribution < -0.4 is 4.74 Å². The molecule has 0 saturated heterocycles. The molecule has 1 saturated carbocycles. The van der Waals surface area contributed by atoms with E-state index < -0.39 is 17.3 Å². The maximum absolute atomic E-state index is 14.4. The first-order valence-electron chi connectivity index (χ1n) is 6.68. The predicted molar refractivity (Wildman–Crippen MR) is 72.1 cm³/mol. The Morgan fingerprint density at radius 1 is 1.45 bits per heavy atom. The van der Waals surface area contributed by atoms with Crippen LogP contribution in [0.3, 0.4) is 0 Å². The number of rotatable bonds is 4. The SMILES string of the molecule is [CH2]CC1C[CH]C(C)(C(F)(F)C(=O)Oc2ccccc2)C1. The summed E-state index contributed by atoms with van der Waals surface area (Å²) in [7, 11) is 0.